The minimum Gasteiger partial charge on any atom is -0.455 e. The van der Waals surface area contributed by atoms with Gasteiger partial charge in [-0.1, -0.05) is 28.1 Å². The number of carbonyl (C=O) groups excluding carboxylic acids is 1. The molecule has 14 heavy (non-hydrogen) atoms. The summed E-state index contributed by atoms with van der Waals surface area (Å²) >= 11 is 3.34. The van der Waals surface area contributed by atoms with E-state index in [0.717, 1.165) is 10.0 Å². The molecule has 1 aromatic carbocycles. The maximum Gasteiger partial charge on any atom is 0.335 e. The summed E-state index contributed by atoms with van der Waals surface area (Å²) in [5, 5.41) is 9.21. The van der Waals surface area contributed by atoms with Crippen LogP contribution < -0.4 is 0 Å². The zero-order chi connectivity index (χ0) is 10.1. The van der Waals surface area contributed by atoms with E-state index < -0.39 is 12.1 Å². The van der Waals surface area contributed by atoms with Crippen molar-refractivity contribution in [3.05, 3.63) is 34.3 Å². The van der Waals surface area contributed by atoms with Crippen molar-refractivity contribution >= 4 is 21.9 Å². The molecule has 0 amide bonds. The van der Waals surface area contributed by atoms with Gasteiger partial charge in [-0.05, 0) is 17.7 Å². The van der Waals surface area contributed by atoms with Crippen LogP contribution in [0.25, 0.3) is 0 Å². The Bertz CT molecular complexity index is 364. The van der Waals surface area contributed by atoms with Crippen LogP contribution in [0.2, 0.25) is 0 Å². The highest BCUT2D eigenvalue weighted by Crippen LogP contribution is 2.30. The molecular weight excluding hydrogens is 248 g/mol. The second kappa shape index (κ2) is 3.71. The molecule has 1 fully saturated rings. The molecule has 0 aliphatic carbocycles. The summed E-state index contributed by atoms with van der Waals surface area (Å²) in [6.07, 6.45) is -0.941. The molecule has 0 aromatic heterocycles. The second-order valence-electron chi connectivity index (χ2n) is 3.23. The molecule has 0 radical (unpaired) electrons. The summed E-state index contributed by atoms with van der Waals surface area (Å²) in [5.41, 5.74) is 0.907. The van der Waals surface area contributed by atoms with Gasteiger partial charge in [-0.15, -0.1) is 0 Å². The quantitative estimate of drug-likeness (QED) is 0.780. The van der Waals surface area contributed by atoms with E-state index in [1.54, 1.807) is 0 Å². The van der Waals surface area contributed by atoms with Gasteiger partial charge in [0.2, 0.25) is 0 Å². The third-order valence-corrected chi connectivity index (χ3v) is 2.68. The molecule has 1 aliphatic rings. The van der Waals surface area contributed by atoms with Crippen molar-refractivity contribution in [2.75, 3.05) is 0 Å². The fourth-order valence-corrected chi connectivity index (χ4v) is 1.89. The summed E-state index contributed by atoms with van der Waals surface area (Å²) in [6.45, 7) is 0. The number of aliphatic hydroxyl groups excluding tert-OH is 1. The first-order chi connectivity index (χ1) is 6.66. The van der Waals surface area contributed by atoms with Crippen molar-refractivity contribution in [2.24, 2.45) is 0 Å². The molecule has 1 heterocycles. The number of esters is 1. The highest BCUT2D eigenvalue weighted by molar-refractivity contribution is 9.10. The van der Waals surface area contributed by atoms with Gasteiger partial charge in [0.25, 0.3) is 0 Å². The average molecular weight is 257 g/mol. The SMILES string of the molecule is O=C1O[C@H](c2cccc(Br)c2)C[C@@H]1O. The van der Waals surface area contributed by atoms with Gasteiger partial charge in [0.1, 0.15) is 6.10 Å². The Balaban J connectivity index is 2.21. The monoisotopic (exact) mass is 256 g/mol. The smallest absolute Gasteiger partial charge is 0.335 e. The van der Waals surface area contributed by atoms with Crippen LogP contribution in [0, 0.1) is 0 Å². The van der Waals surface area contributed by atoms with Crippen LogP contribution in [0.15, 0.2) is 28.7 Å². The molecule has 0 unspecified atom stereocenters. The van der Waals surface area contributed by atoms with Crippen molar-refractivity contribution in [2.45, 2.75) is 18.6 Å². The predicted octanol–water partition coefficient (Wildman–Crippen LogP) is 1.80. The van der Waals surface area contributed by atoms with E-state index in [1.807, 2.05) is 24.3 Å². The van der Waals surface area contributed by atoms with Crippen molar-refractivity contribution in [1.29, 1.82) is 0 Å². The van der Waals surface area contributed by atoms with E-state index in [2.05, 4.69) is 15.9 Å². The van der Waals surface area contributed by atoms with Gasteiger partial charge in [0, 0.05) is 10.9 Å². The van der Waals surface area contributed by atoms with Crippen LogP contribution in [-0.2, 0) is 9.53 Å². The molecule has 1 N–H and O–H groups in total. The van der Waals surface area contributed by atoms with Gasteiger partial charge in [0.15, 0.2) is 6.10 Å². The molecule has 2 rings (SSSR count). The summed E-state index contributed by atoms with van der Waals surface area (Å²) in [5.74, 6) is -0.532. The second-order valence-corrected chi connectivity index (χ2v) is 4.15. The van der Waals surface area contributed by atoms with Gasteiger partial charge in [-0.3, -0.25) is 0 Å². The molecule has 0 spiro atoms. The third kappa shape index (κ3) is 1.81. The largest absolute Gasteiger partial charge is 0.455 e. The Morgan fingerprint density at radius 2 is 2.29 bits per heavy atom. The summed E-state index contributed by atoms with van der Waals surface area (Å²) in [6, 6.07) is 7.53. The zero-order valence-corrected chi connectivity index (χ0v) is 8.90. The molecule has 0 bridgehead atoms. The number of ether oxygens (including phenoxy) is 1. The van der Waals surface area contributed by atoms with Crippen molar-refractivity contribution in [3.8, 4) is 0 Å². The van der Waals surface area contributed by atoms with Gasteiger partial charge in [0.05, 0.1) is 0 Å². The number of aliphatic hydroxyl groups is 1. The Morgan fingerprint density at radius 1 is 1.50 bits per heavy atom. The minimum atomic E-state index is -0.973. The molecule has 2 atom stereocenters. The van der Waals surface area contributed by atoms with Crippen molar-refractivity contribution in [3.63, 3.8) is 0 Å². The zero-order valence-electron chi connectivity index (χ0n) is 7.31. The Morgan fingerprint density at radius 3 is 2.86 bits per heavy atom. The lowest BCUT2D eigenvalue weighted by atomic mass is 10.1. The summed E-state index contributed by atoms with van der Waals surface area (Å²) < 4.78 is 5.94. The molecule has 0 saturated carbocycles. The molecular formula is C10H9BrO3. The van der Waals surface area contributed by atoms with Gasteiger partial charge in [-0.25, -0.2) is 4.79 Å². The van der Waals surface area contributed by atoms with E-state index in [9.17, 15) is 9.90 Å². The van der Waals surface area contributed by atoms with Crippen molar-refractivity contribution < 1.29 is 14.6 Å². The number of benzene rings is 1. The lowest BCUT2D eigenvalue weighted by Crippen LogP contribution is -2.11. The third-order valence-electron chi connectivity index (χ3n) is 2.19. The van der Waals surface area contributed by atoms with E-state index in [4.69, 9.17) is 4.74 Å². The van der Waals surface area contributed by atoms with E-state index in [-0.39, 0.29) is 6.10 Å². The maximum absolute atomic E-state index is 11.0. The van der Waals surface area contributed by atoms with Gasteiger partial charge in [-0.2, -0.15) is 0 Å². The van der Waals surface area contributed by atoms with Crippen LogP contribution >= 0.6 is 15.9 Å². The highest BCUT2D eigenvalue weighted by Gasteiger charge is 2.33. The van der Waals surface area contributed by atoms with E-state index in [0.29, 0.717) is 6.42 Å². The average Bonchev–Trinajstić information content (AvgIpc) is 2.47. The van der Waals surface area contributed by atoms with E-state index in [1.165, 1.54) is 0 Å². The molecule has 74 valence electrons. The summed E-state index contributed by atoms with van der Waals surface area (Å²) in [7, 11) is 0. The van der Waals surface area contributed by atoms with E-state index >= 15 is 0 Å². The van der Waals surface area contributed by atoms with Crippen LogP contribution in [0.1, 0.15) is 18.1 Å². The normalized spacial score (nSPS) is 26.3. The maximum atomic E-state index is 11.0. The fourth-order valence-electron chi connectivity index (χ4n) is 1.48. The molecule has 3 nitrogen and oxygen atoms in total. The number of hydrogen-bond donors (Lipinski definition) is 1. The number of rotatable bonds is 1. The lowest BCUT2D eigenvalue weighted by Gasteiger charge is -2.08. The molecule has 1 aromatic rings. The number of hydrogen-bond acceptors (Lipinski definition) is 3. The van der Waals surface area contributed by atoms with Crippen molar-refractivity contribution in [1.82, 2.24) is 0 Å². The van der Waals surface area contributed by atoms with Gasteiger partial charge < -0.3 is 9.84 Å². The number of cyclic esters (lactones) is 1. The standard InChI is InChI=1S/C10H9BrO3/c11-7-3-1-2-6(4-7)9-5-8(12)10(13)14-9/h1-4,8-9,12H,5H2/t8-,9-/m0/s1. The van der Waals surface area contributed by atoms with Crippen LogP contribution in [-0.4, -0.2) is 17.2 Å². The predicted molar refractivity (Wildman–Crippen MR) is 53.6 cm³/mol. The van der Waals surface area contributed by atoms with Crippen LogP contribution in [0.5, 0.6) is 0 Å². The first-order valence-electron chi connectivity index (χ1n) is 4.31. The topological polar surface area (TPSA) is 46.5 Å². The highest BCUT2D eigenvalue weighted by atomic mass is 79.9. The Kier molecular flexibility index (Phi) is 2.56. The first-order valence-corrected chi connectivity index (χ1v) is 5.10. The molecule has 1 aliphatic heterocycles. The lowest BCUT2D eigenvalue weighted by molar-refractivity contribution is -0.147. The van der Waals surface area contributed by atoms with Crippen LogP contribution in [0.4, 0.5) is 0 Å². The molecule has 4 heteroatoms. The Labute approximate surface area is 89.8 Å². The molecule has 1 saturated heterocycles. The number of halogens is 1. The summed E-state index contributed by atoms with van der Waals surface area (Å²) in [4.78, 5) is 11.0. The first kappa shape index (κ1) is 9.68. The minimum absolute atomic E-state index is 0.310. The number of carbonyl (C=O) groups is 1. The Hall–Kier alpha value is -0.870. The van der Waals surface area contributed by atoms with Gasteiger partial charge >= 0.3 is 5.97 Å². The fraction of sp³-hybridized carbons (Fsp3) is 0.300. The van der Waals surface area contributed by atoms with Crippen LogP contribution in [0.3, 0.4) is 0 Å².